The molecule has 1 fully saturated rings. The van der Waals surface area contributed by atoms with E-state index in [9.17, 15) is 24.3 Å². The van der Waals surface area contributed by atoms with E-state index in [1.807, 2.05) is 0 Å². The Kier molecular flexibility index (Phi) is 8.59. The number of carboxylic acids is 1. The number of esters is 1. The van der Waals surface area contributed by atoms with Crippen molar-refractivity contribution in [3.8, 4) is 0 Å². The molecule has 1 unspecified atom stereocenters. The van der Waals surface area contributed by atoms with Gasteiger partial charge in [0, 0.05) is 18.2 Å². The number of amides is 2. The van der Waals surface area contributed by atoms with Crippen molar-refractivity contribution in [2.24, 2.45) is 0 Å². The monoisotopic (exact) mass is 494 g/mol. The maximum absolute atomic E-state index is 12.7. The number of anilines is 1. The molecule has 0 spiro atoms. The van der Waals surface area contributed by atoms with Gasteiger partial charge in [-0.2, -0.15) is 0 Å². The molecule has 0 radical (unpaired) electrons. The summed E-state index contributed by atoms with van der Waals surface area (Å²) in [5.41, 5.74) is 5.89. The van der Waals surface area contributed by atoms with E-state index in [1.54, 1.807) is 6.92 Å². The summed E-state index contributed by atoms with van der Waals surface area (Å²) in [6.45, 7) is 2.55. The van der Waals surface area contributed by atoms with Crippen LogP contribution in [-0.4, -0.2) is 57.4 Å². The first-order chi connectivity index (χ1) is 14.1. The van der Waals surface area contributed by atoms with Crippen molar-refractivity contribution in [1.29, 1.82) is 0 Å². The molecule has 2 amide bonds. The molecular weight excluding hydrogens is 479 g/mol. The maximum Gasteiger partial charge on any atom is 1.00 e. The average molecular weight is 495 g/mol. The molecule has 160 valence electrons. The molecule has 1 aromatic rings. The van der Waals surface area contributed by atoms with E-state index in [0.717, 1.165) is 16.2 Å². The number of β-lactam (4-membered cyclic amide) rings is 1. The Balaban J connectivity index is 0.00000341. The van der Waals surface area contributed by atoms with Gasteiger partial charge in [-0.3, -0.25) is 19.3 Å². The number of allylic oxidation sites excluding steroid dienone is 1. The average Bonchev–Trinajstić information content (AvgIpc) is 3.01. The quantitative estimate of drug-likeness (QED) is 0.179. The van der Waals surface area contributed by atoms with Gasteiger partial charge in [0.15, 0.2) is 5.13 Å². The Morgan fingerprint density at radius 2 is 2.13 bits per heavy atom. The van der Waals surface area contributed by atoms with Crippen LogP contribution < -0.4 is 45.7 Å². The van der Waals surface area contributed by atoms with Gasteiger partial charge in [0.25, 0.3) is 11.8 Å². The number of carbonyl (C=O) groups is 4. The fraction of sp³-hybridized carbons (Fsp3) is 0.353. The first-order valence-electron chi connectivity index (χ1n) is 8.56. The third kappa shape index (κ3) is 5.10. The fourth-order valence-electron chi connectivity index (χ4n) is 3.05. The molecule has 31 heavy (non-hydrogen) atoms. The Hall–Kier alpha value is -1.57. The maximum atomic E-state index is 12.7. The number of thiazole rings is 1. The van der Waals surface area contributed by atoms with Gasteiger partial charge in [0.2, 0.25) is 0 Å². The minimum atomic E-state index is -1.56. The fourth-order valence-corrected chi connectivity index (χ4v) is 5.33. The number of nitrogens with two attached hydrogens (primary N) is 1. The molecule has 14 heteroatoms. The smallest absolute Gasteiger partial charge is 0.543 e. The van der Waals surface area contributed by atoms with Gasteiger partial charge in [-0.1, -0.05) is 29.0 Å². The van der Waals surface area contributed by atoms with Crippen molar-refractivity contribution < 1.29 is 58.6 Å². The van der Waals surface area contributed by atoms with Crippen LogP contribution in [0.4, 0.5) is 5.13 Å². The topological polar surface area (TPSA) is 155 Å². The predicted octanol–water partition coefficient (Wildman–Crippen LogP) is -3.25. The third-order valence-electron chi connectivity index (χ3n) is 4.37. The SMILES string of the molecule is C/C=C(\C(=O)NC1C(=O)N2C(C(=O)[O-])=C(COC(C)=O)CS[C@@H]12)c1nc(N)sc1Cl.[Na+]. The number of aromatic nitrogens is 1. The molecule has 2 atom stereocenters. The van der Waals surface area contributed by atoms with Crippen molar-refractivity contribution in [3.63, 3.8) is 0 Å². The normalized spacial score (nSPS) is 20.4. The van der Waals surface area contributed by atoms with E-state index in [-0.39, 0.29) is 73.9 Å². The largest absolute Gasteiger partial charge is 1.00 e. The van der Waals surface area contributed by atoms with E-state index >= 15 is 0 Å². The number of ether oxygens (including phenoxy) is 1. The Labute approximate surface area is 212 Å². The summed E-state index contributed by atoms with van der Waals surface area (Å²) in [7, 11) is 0. The van der Waals surface area contributed by atoms with Crippen molar-refractivity contribution >= 4 is 69.2 Å². The standard InChI is InChI=1S/C17H17ClN4O6S2.Na/c1-3-8(9-12(18)30-17(19)21-9)13(24)20-10-14(25)22-11(16(26)27)7(4-28-6(2)23)5-29-15(10)22;/h3,10,15H,4-5H2,1-2H3,(H2,19,21)(H,20,24)(H,26,27);/q;+1/p-1/b8-3-;/t10?,15-;/m0./s1. The summed E-state index contributed by atoms with van der Waals surface area (Å²) in [5.74, 6) is -3.14. The number of nitrogen functional groups attached to an aromatic ring is 1. The molecule has 0 aliphatic carbocycles. The van der Waals surface area contributed by atoms with Gasteiger partial charge < -0.3 is 25.7 Å². The van der Waals surface area contributed by atoms with Crippen LogP contribution in [0.25, 0.3) is 5.57 Å². The number of carbonyl (C=O) groups excluding carboxylic acids is 4. The number of thioether (sulfide) groups is 1. The number of rotatable bonds is 6. The molecule has 2 aliphatic heterocycles. The molecule has 3 N–H and O–H groups in total. The van der Waals surface area contributed by atoms with E-state index in [4.69, 9.17) is 22.1 Å². The van der Waals surface area contributed by atoms with E-state index in [2.05, 4.69) is 10.3 Å². The zero-order valence-corrected chi connectivity index (χ0v) is 21.2. The van der Waals surface area contributed by atoms with E-state index < -0.39 is 35.2 Å². The summed E-state index contributed by atoms with van der Waals surface area (Å²) in [6, 6.07) is -0.947. The zero-order valence-electron chi connectivity index (χ0n) is 16.8. The van der Waals surface area contributed by atoms with E-state index in [0.29, 0.717) is 0 Å². The zero-order chi connectivity index (χ0) is 22.2. The molecule has 2 aliphatic rings. The van der Waals surface area contributed by atoms with E-state index in [1.165, 1.54) is 24.8 Å². The van der Waals surface area contributed by atoms with Crippen LogP contribution >= 0.6 is 34.7 Å². The summed E-state index contributed by atoms with van der Waals surface area (Å²) in [4.78, 5) is 53.1. The number of halogens is 1. The van der Waals surface area contributed by atoms with Crippen LogP contribution in [0, 0.1) is 0 Å². The number of hydrogen-bond acceptors (Lipinski definition) is 10. The Morgan fingerprint density at radius 1 is 1.45 bits per heavy atom. The number of hydrogen-bond donors (Lipinski definition) is 2. The number of fused-ring (bicyclic) bond motifs is 1. The van der Waals surface area contributed by atoms with Crippen molar-refractivity contribution in [2.45, 2.75) is 25.3 Å². The molecule has 3 heterocycles. The van der Waals surface area contributed by atoms with Crippen LogP contribution in [0.2, 0.25) is 4.34 Å². The van der Waals surface area contributed by atoms with Crippen LogP contribution in [-0.2, 0) is 23.9 Å². The van der Waals surface area contributed by atoms with Gasteiger partial charge >= 0.3 is 35.5 Å². The summed E-state index contributed by atoms with van der Waals surface area (Å²) >= 11 is 8.33. The van der Waals surface area contributed by atoms with Gasteiger partial charge in [-0.25, -0.2) is 4.98 Å². The van der Waals surface area contributed by atoms with Crippen molar-refractivity contribution in [2.75, 3.05) is 18.1 Å². The minimum absolute atomic E-state index is 0. The predicted molar refractivity (Wildman–Crippen MR) is 109 cm³/mol. The van der Waals surface area contributed by atoms with Crippen LogP contribution in [0.15, 0.2) is 17.3 Å². The van der Waals surface area contributed by atoms with Gasteiger partial charge in [0.05, 0.1) is 17.2 Å². The molecular formula is C17H16ClN4NaO6S2. The number of nitrogens with zero attached hydrogens (tertiary/aromatic N) is 2. The molecule has 0 bridgehead atoms. The molecule has 0 aromatic carbocycles. The molecule has 0 saturated carbocycles. The third-order valence-corrected chi connectivity index (χ3v) is 6.79. The van der Waals surface area contributed by atoms with Crippen LogP contribution in [0.5, 0.6) is 0 Å². The first-order valence-corrected chi connectivity index (χ1v) is 10.8. The summed E-state index contributed by atoms with van der Waals surface area (Å²) < 4.78 is 5.10. The van der Waals surface area contributed by atoms with Crippen molar-refractivity contribution in [3.05, 3.63) is 27.4 Å². The first kappa shape index (κ1) is 25.7. The number of aliphatic carboxylic acids is 1. The molecule has 10 nitrogen and oxygen atoms in total. The number of nitrogens with one attached hydrogen (secondary N) is 1. The van der Waals surface area contributed by atoms with Gasteiger partial charge in [-0.15, -0.1) is 11.8 Å². The summed E-state index contributed by atoms with van der Waals surface area (Å²) in [5, 5.41) is 13.8. The minimum Gasteiger partial charge on any atom is -0.543 e. The van der Waals surface area contributed by atoms with Crippen LogP contribution in [0.1, 0.15) is 19.5 Å². The Bertz CT molecular complexity index is 1010. The second kappa shape index (κ2) is 10.4. The second-order valence-corrected chi connectivity index (χ2v) is 9.00. The molecule has 1 aromatic heterocycles. The van der Waals surface area contributed by atoms with Gasteiger partial charge in [-0.05, 0) is 6.92 Å². The molecule has 3 rings (SSSR count). The second-order valence-electron chi connectivity index (χ2n) is 6.26. The molecule has 1 saturated heterocycles. The van der Waals surface area contributed by atoms with Crippen LogP contribution in [0.3, 0.4) is 0 Å². The van der Waals surface area contributed by atoms with Gasteiger partial charge in [0.1, 0.15) is 28.1 Å². The summed E-state index contributed by atoms with van der Waals surface area (Å²) in [6.07, 6.45) is 1.49. The Morgan fingerprint density at radius 3 is 2.65 bits per heavy atom. The van der Waals surface area contributed by atoms with Crippen molar-refractivity contribution in [1.82, 2.24) is 15.2 Å². The number of carboxylic acid groups (broad SMARTS) is 1.